The Balaban J connectivity index is -0.000000125. The van der Waals surface area contributed by atoms with Crippen molar-refractivity contribution in [2.75, 3.05) is 5.88 Å². The van der Waals surface area contributed by atoms with E-state index in [-0.39, 0.29) is 40.0 Å². The Morgan fingerprint density at radius 2 is 1.75 bits per heavy atom. The molecule has 0 N–H and O–H groups in total. The van der Waals surface area contributed by atoms with Crippen LogP contribution in [-0.2, 0) is 0 Å². The quantitative estimate of drug-likeness (QED) is 0.239. The van der Waals surface area contributed by atoms with E-state index in [1.807, 2.05) is 0 Å². The van der Waals surface area contributed by atoms with Crippen molar-refractivity contribution >= 4 is 34.7 Å². The van der Waals surface area contributed by atoms with E-state index in [2.05, 4.69) is 6.92 Å². The molecule has 0 atom stereocenters. The molecule has 0 saturated carbocycles. The van der Waals surface area contributed by atoms with Gasteiger partial charge in [-0.1, -0.05) is 6.42 Å². The van der Waals surface area contributed by atoms with Crippen LogP contribution in [0.25, 0.3) is 0 Å². The van der Waals surface area contributed by atoms with Crippen LogP contribution in [0.4, 0.5) is 0 Å². The zero-order valence-electron chi connectivity index (χ0n) is 5.00. The van der Waals surface area contributed by atoms with Gasteiger partial charge in [0.15, 0.2) is 0 Å². The summed E-state index contributed by atoms with van der Waals surface area (Å²) in [6.45, 7) is 3.66. The van der Waals surface area contributed by atoms with Crippen LogP contribution in [0.2, 0.25) is 0 Å². The fourth-order valence-electron chi connectivity index (χ4n) is 0.271. The van der Waals surface area contributed by atoms with Crippen LogP contribution < -0.4 is 17.0 Å². The third kappa shape index (κ3) is 15.6. The summed E-state index contributed by atoms with van der Waals surface area (Å²) in [4.78, 5) is 0. The molecule has 0 spiro atoms. The zero-order valence-corrected chi connectivity index (χ0v) is 8.75. The Hall–Kier alpha value is 1.54. The molecule has 0 aliphatic carbocycles. The average molecular weight is 210 g/mol. The fourth-order valence-corrected chi connectivity index (χ4v) is 0.460. The molecule has 0 fully saturated rings. The third-order valence-electron chi connectivity index (χ3n) is 0.634. The topological polar surface area (TPSA) is 0 Å². The Labute approximate surface area is 83.3 Å². The summed E-state index contributed by atoms with van der Waals surface area (Å²) in [6, 6.07) is 0. The van der Waals surface area contributed by atoms with Crippen LogP contribution in [0.1, 0.15) is 19.3 Å². The number of hydrogen-bond acceptors (Lipinski definition) is 0. The minimum absolute atomic E-state index is 0. The minimum atomic E-state index is 0. The van der Waals surface area contributed by atoms with E-state index in [0.717, 1.165) is 18.7 Å². The predicted octanol–water partition coefficient (Wildman–Crippen LogP) is -1.15. The third-order valence-corrected chi connectivity index (χ3v) is 0.901. The molecule has 0 unspecified atom stereocenters. The summed E-state index contributed by atoms with van der Waals surface area (Å²) in [5.74, 6) is 0.787. The van der Waals surface area contributed by atoms with Crippen LogP contribution >= 0.6 is 11.6 Å². The first-order chi connectivity index (χ1) is 2.91. The number of halogens is 2. The Bertz CT molecular complexity index is 24.4. The van der Waals surface area contributed by atoms with Gasteiger partial charge in [-0.15, -0.1) is 11.6 Å². The number of alkyl halides is 1. The monoisotopic (exact) mass is 208 g/mol. The van der Waals surface area contributed by atoms with Gasteiger partial charge in [-0.25, -0.2) is 0 Å². The molecule has 0 aliphatic rings. The van der Waals surface area contributed by atoms with Gasteiger partial charge in [0.25, 0.3) is 0 Å². The van der Waals surface area contributed by atoms with Gasteiger partial charge in [0.1, 0.15) is 0 Å². The Morgan fingerprint density at radius 1 is 1.25 bits per heavy atom. The van der Waals surface area contributed by atoms with E-state index in [1.165, 1.54) is 6.42 Å². The van der Waals surface area contributed by atoms with Crippen molar-refractivity contribution in [1.29, 1.82) is 0 Å². The van der Waals surface area contributed by atoms with Crippen LogP contribution in [0.5, 0.6) is 0 Å². The van der Waals surface area contributed by atoms with Crippen molar-refractivity contribution in [3.8, 4) is 0 Å². The second-order valence-electron chi connectivity index (χ2n) is 1.25. The van der Waals surface area contributed by atoms with E-state index < -0.39 is 0 Å². The SMILES string of the molecule is [Br-].[CH2-]CCCCCl.[Mg+2]. The van der Waals surface area contributed by atoms with Gasteiger partial charge >= 0.3 is 23.1 Å². The van der Waals surface area contributed by atoms with Gasteiger partial charge in [0.05, 0.1) is 0 Å². The van der Waals surface area contributed by atoms with Crippen molar-refractivity contribution in [3.05, 3.63) is 6.92 Å². The molecule has 0 aliphatic heterocycles. The summed E-state index contributed by atoms with van der Waals surface area (Å²) in [7, 11) is 0. The molecule has 0 bridgehead atoms. The maximum atomic E-state index is 5.35. The summed E-state index contributed by atoms with van der Waals surface area (Å²) in [5, 5.41) is 0. The molecule has 0 aromatic rings. The summed E-state index contributed by atoms with van der Waals surface area (Å²) in [5.41, 5.74) is 0. The molecule has 0 amide bonds. The number of rotatable bonds is 3. The second kappa shape index (κ2) is 15.8. The molecule has 0 nitrogen and oxygen atoms in total. The first-order valence-electron chi connectivity index (χ1n) is 2.27. The van der Waals surface area contributed by atoms with Crippen LogP contribution in [0.15, 0.2) is 0 Å². The molecule has 0 radical (unpaired) electrons. The van der Waals surface area contributed by atoms with E-state index >= 15 is 0 Å². The molecule has 0 heterocycles. The van der Waals surface area contributed by atoms with Crippen LogP contribution in [0.3, 0.4) is 0 Å². The Morgan fingerprint density at radius 3 is 1.88 bits per heavy atom. The van der Waals surface area contributed by atoms with Gasteiger partial charge in [0, 0.05) is 5.88 Å². The zero-order chi connectivity index (χ0) is 4.83. The van der Waals surface area contributed by atoms with Gasteiger partial charge in [0.2, 0.25) is 0 Å². The predicted molar refractivity (Wildman–Crippen MR) is 35.7 cm³/mol. The second-order valence-corrected chi connectivity index (χ2v) is 1.63. The van der Waals surface area contributed by atoms with Crippen molar-refractivity contribution in [3.63, 3.8) is 0 Å². The van der Waals surface area contributed by atoms with E-state index in [1.54, 1.807) is 0 Å². The molecule has 0 aromatic carbocycles. The Kier molecular flexibility index (Phi) is 32.2. The van der Waals surface area contributed by atoms with Crippen molar-refractivity contribution in [2.24, 2.45) is 0 Å². The van der Waals surface area contributed by atoms with E-state index in [4.69, 9.17) is 11.6 Å². The summed E-state index contributed by atoms with van der Waals surface area (Å²) >= 11 is 5.35. The standard InChI is InChI=1S/C5H10Cl.BrH.Mg/c1-2-3-4-5-6;;/h1-5H2;1H;/q-1;;+2/p-1. The normalized spacial score (nSPS) is 6.75. The summed E-state index contributed by atoms with van der Waals surface area (Å²) < 4.78 is 0. The van der Waals surface area contributed by atoms with Gasteiger partial charge in [-0.2, -0.15) is 6.42 Å². The molecular formula is C5H10BrClMg. The van der Waals surface area contributed by atoms with Gasteiger partial charge < -0.3 is 23.9 Å². The van der Waals surface area contributed by atoms with Crippen LogP contribution in [-0.4, -0.2) is 28.9 Å². The van der Waals surface area contributed by atoms with Crippen molar-refractivity contribution < 1.29 is 17.0 Å². The van der Waals surface area contributed by atoms with E-state index in [0.29, 0.717) is 0 Å². The molecule has 3 heteroatoms. The maximum absolute atomic E-state index is 5.35. The first kappa shape index (κ1) is 16.3. The molecule has 46 valence electrons. The largest absolute Gasteiger partial charge is 2.00 e. The molecule has 0 saturated heterocycles. The van der Waals surface area contributed by atoms with Crippen molar-refractivity contribution in [2.45, 2.75) is 19.3 Å². The van der Waals surface area contributed by atoms with E-state index in [9.17, 15) is 0 Å². The first-order valence-corrected chi connectivity index (χ1v) is 2.80. The number of hydrogen-bond donors (Lipinski definition) is 0. The van der Waals surface area contributed by atoms with Crippen LogP contribution in [0, 0.1) is 6.92 Å². The van der Waals surface area contributed by atoms with Gasteiger partial charge in [-0.05, 0) is 6.42 Å². The molecular weight excluding hydrogens is 200 g/mol. The fraction of sp³-hybridized carbons (Fsp3) is 0.800. The number of unbranched alkanes of at least 4 members (excludes halogenated alkanes) is 2. The minimum Gasteiger partial charge on any atom is -1.00 e. The van der Waals surface area contributed by atoms with Crippen molar-refractivity contribution in [1.82, 2.24) is 0 Å². The molecule has 8 heavy (non-hydrogen) atoms. The average Bonchev–Trinajstić information content (AvgIpc) is 1.61. The smallest absolute Gasteiger partial charge is 1.00 e. The van der Waals surface area contributed by atoms with Gasteiger partial charge in [-0.3, -0.25) is 0 Å². The summed E-state index contributed by atoms with van der Waals surface area (Å²) in [6.07, 6.45) is 3.31. The maximum Gasteiger partial charge on any atom is 2.00 e. The molecule has 0 rings (SSSR count). The molecule has 0 aromatic heterocycles.